The van der Waals surface area contributed by atoms with E-state index in [4.69, 9.17) is 0 Å². The molecule has 1 unspecified atom stereocenters. The Kier molecular flexibility index (Phi) is 3.58. The molecular formula is C19H31BrO2. The van der Waals surface area contributed by atoms with E-state index in [9.17, 15) is 10.2 Å². The molecule has 0 aliphatic heterocycles. The van der Waals surface area contributed by atoms with Crippen LogP contribution in [-0.2, 0) is 0 Å². The van der Waals surface area contributed by atoms with Gasteiger partial charge in [-0.1, -0.05) is 29.8 Å². The lowest BCUT2D eigenvalue weighted by atomic mass is 9.45. The number of rotatable bonds is 0. The monoisotopic (exact) mass is 370 g/mol. The van der Waals surface area contributed by atoms with Gasteiger partial charge in [0.15, 0.2) is 5.79 Å². The van der Waals surface area contributed by atoms with Gasteiger partial charge in [-0.3, -0.25) is 0 Å². The highest BCUT2D eigenvalue weighted by molar-refractivity contribution is 9.09. The molecule has 3 heteroatoms. The molecule has 0 heterocycles. The van der Waals surface area contributed by atoms with Crippen LogP contribution < -0.4 is 0 Å². The smallest absolute Gasteiger partial charge is 0.162 e. The molecule has 4 fully saturated rings. The zero-order valence-corrected chi connectivity index (χ0v) is 15.6. The summed E-state index contributed by atoms with van der Waals surface area (Å²) in [5, 5.41) is 20.2. The summed E-state index contributed by atoms with van der Waals surface area (Å²) in [6.07, 6.45) is 10.2. The number of alkyl halides is 1. The summed E-state index contributed by atoms with van der Waals surface area (Å²) < 4.78 is 0. The van der Waals surface area contributed by atoms with Crippen molar-refractivity contribution >= 4 is 15.9 Å². The van der Waals surface area contributed by atoms with Crippen LogP contribution in [0.15, 0.2) is 0 Å². The van der Waals surface area contributed by atoms with Gasteiger partial charge in [-0.05, 0) is 79.4 Å². The second-order valence-corrected chi connectivity index (χ2v) is 10.9. The number of aliphatic hydroxyl groups is 2. The second kappa shape index (κ2) is 4.95. The van der Waals surface area contributed by atoms with Crippen LogP contribution in [0.3, 0.4) is 0 Å². The lowest BCUT2D eigenvalue weighted by Gasteiger charge is -2.61. The highest BCUT2D eigenvalue weighted by Gasteiger charge is 2.60. The van der Waals surface area contributed by atoms with Crippen molar-refractivity contribution in [1.82, 2.24) is 0 Å². The van der Waals surface area contributed by atoms with Gasteiger partial charge < -0.3 is 10.2 Å². The Balaban J connectivity index is 1.61. The molecule has 4 aliphatic carbocycles. The Morgan fingerprint density at radius 3 is 2.45 bits per heavy atom. The summed E-state index contributed by atoms with van der Waals surface area (Å²) in [6.45, 7) is 5.02. The molecule has 0 radical (unpaired) electrons. The van der Waals surface area contributed by atoms with Gasteiger partial charge in [0.2, 0.25) is 0 Å². The van der Waals surface area contributed by atoms with Gasteiger partial charge in [-0.25, -0.2) is 0 Å². The molecule has 0 aromatic heterocycles. The molecule has 0 aromatic carbocycles. The fraction of sp³-hybridized carbons (Fsp3) is 1.00. The molecule has 0 aromatic rings. The Morgan fingerprint density at radius 1 is 0.909 bits per heavy atom. The largest absolute Gasteiger partial charge is 0.366 e. The topological polar surface area (TPSA) is 40.5 Å². The first-order valence-electron chi connectivity index (χ1n) is 9.32. The van der Waals surface area contributed by atoms with Crippen molar-refractivity contribution in [2.75, 3.05) is 0 Å². The maximum Gasteiger partial charge on any atom is 0.162 e. The Labute approximate surface area is 143 Å². The van der Waals surface area contributed by atoms with Crippen molar-refractivity contribution in [3.63, 3.8) is 0 Å². The average Bonchev–Trinajstić information content (AvgIpc) is 2.74. The molecule has 0 saturated heterocycles. The predicted octanol–water partition coefficient (Wildman–Crippen LogP) is 4.47. The first-order valence-corrected chi connectivity index (χ1v) is 10.2. The number of hydrogen-bond donors (Lipinski definition) is 2. The SMILES string of the molecule is C[C@]12CC[C@H]3[C@@H](CCC4CC(O)(O)CC[C@@]43C)[C@@H]1C[C@@H](Br)C2. The van der Waals surface area contributed by atoms with Gasteiger partial charge in [-0.2, -0.15) is 0 Å². The molecule has 0 amide bonds. The van der Waals surface area contributed by atoms with E-state index >= 15 is 0 Å². The fourth-order valence-electron chi connectivity index (χ4n) is 7.20. The third-order valence-corrected chi connectivity index (χ3v) is 9.12. The lowest BCUT2D eigenvalue weighted by molar-refractivity contribution is -0.232. The van der Waals surface area contributed by atoms with E-state index in [2.05, 4.69) is 29.8 Å². The number of fused-ring (bicyclic) bond motifs is 5. The Morgan fingerprint density at radius 2 is 1.68 bits per heavy atom. The normalized spacial score (nSPS) is 56.9. The molecular weight excluding hydrogens is 340 g/mol. The van der Waals surface area contributed by atoms with Crippen molar-refractivity contribution in [2.24, 2.45) is 34.5 Å². The highest BCUT2D eigenvalue weighted by atomic mass is 79.9. The zero-order chi connectivity index (χ0) is 15.8. The summed E-state index contributed by atoms with van der Waals surface area (Å²) in [4.78, 5) is 0.723. The van der Waals surface area contributed by atoms with Gasteiger partial charge in [-0.15, -0.1) is 0 Å². The summed E-state index contributed by atoms with van der Waals surface area (Å²) in [5.41, 5.74) is 0.911. The minimum Gasteiger partial charge on any atom is -0.366 e. The first-order chi connectivity index (χ1) is 10.2. The fourth-order valence-corrected chi connectivity index (χ4v) is 8.34. The van der Waals surface area contributed by atoms with Crippen LogP contribution in [0.5, 0.6) is 0 Å². The minimum atomic E-state index is -1.39. The van der Waals surface area contributed by atoms with Gasteiger partial charge in [0.05, 0.1) is 0 Å². The maximum atomic E-state index is 10.1. The van der Waals surface area contributed by atoms with Crippen molar-refractivity contribution < 1.29 is 10.2 Å². The van der Waals surface area contributed by atoms with E-state index < -0.39 is 5.79 Å². The second-order valence-electron chi connectivity index (χ2n) is 9.57. The van der Waals surface area contributed by atoms with Crippen LogP contribution in [0, 0.1) is 34.5 Å². The molecule has 7 atom stereocenters. The molecule has 2 nitrogen and oxygen atoms in total. The van der Waals surface area contributed by atoms with E-state index in [1.54, 1.807) is 0 Å². The van der Waals surface area contributed by atoms with E-state index in [0.29, 0.717) is 29.6 Å². The van der Waals surface area contributed by atoms with Crippen molar-refractivity contribution in [1.29, 1.82) is 0 Å². The van der Waals surface area contributed by atoms with Crippen molar-refractivity contribution in [3.05, 3.63) is 0 Å². The highest BCUT2D eigenvalue weighted by Crippen LogP contribution is 2.67. The molecule has 0 bridgehead atoms. The summed E-state index contributed by atoms with van der Waals surface area (Å²) in [5.74, 6) is 1.71. The van der Waals surface area contributed by atoms with Gasteiger partial charge in [0, 0.05) is 17.7 Å². The van der Waals surface area contributed by atoms with Gasteiger partial charge >= 0.3 is 0 Å². The number of hydrogen-bond acceptors (Lipinski definition) is 2. The van der Waals surface area contributed by atoms with Crippen LogP contribution in [-0.4, -0.2) is 20.8 Å². The summed E-state index contributed by atoms with van der Waals surface area (Å²) >= 11 is 3.91. The first kappa shape index (κ1) is 15.9. The minimum absolute atomic E-state index is 0.351. The van der Waals surface area contributed by atoms with E-state index in [0.717, 1.165) is 29.0 Å². The molecule has 126 valence electrons. The maximum absolute atomic E-state index is 10.1. The van der Waals surface area contributed by atoms with Crippen molar-refractivity contribution in [3.8, 4) is 0 Å². The van der Waals surface area contributed by atoms with Crippen LogP contribution >= 0.6 is 15.9 Å². The molecule has 4 aliphatic rings. The van der Waals surface area contributed by atoms with Crippen LogP contribution in [0.2, 0.25) is 0 Å². The lowest BCUT2D eigenvalue weighted by Crippen LogP contribution is -2.55. The Hall–Kier alpha value is 0.400. The molecule has 22 heavy (non-hydrogen) atoms. The standard InChI is InChI=1S/C19H31BrO2/c1-17-6-5-15-14(16(17)9-13(20)11-17)4-3-12-10-19(21,22)8-7-18(12,15)2/h12-16,21-22H,3-11H2,1-2H3/t12?,13-,14-,15+,16+,17-,18+/m1/s1. The quantitative estimate of drug-likeness (QED) is 0.487. The Bertz CT molecular complexity index is 464. The molecule has 4 rings (SSSR count). The summed E-state index contributed by atoms with van der Waals surface area (Å²) in [7, 11) is 0. The molecule has 0 spiro atoms. The third kappa shape index (κ3) is 2.25. The number of halogens is 1. The molecule has 4 saturated carbocycles. The predicted molar refractivity (Wildman–Crippen MR) is 91.6 cm³/mol. The van der Waals surface area contributed by atoms with Crippen LogP contribution in [0.25, 0.3) is 0 Å². The van der Waals surface area contributed by atoms with Crippen LogP contribution in [0.1, 0.15) is 71.6 Å². The van der Waals surface area contributed by atoms with Crippen LogP contribution in [0.4, 0.5) is 0 Å². The third-order valence-electron chi connectivity index (χ3n) is 8.42. The zero-order valence-electron chi connectivity index (χ0n) is 14.0. The van der Waals surface area contributed by atoms with E-state index in [1.807, 2.05) is 0 Å². The van der Waals surface area contributed by atoms with Gasteiger partial charge in [0.1, 0.15) is 0 Å². The average molecular weight is 371 g/mol. The van der Waals surface area contributed by atoms with Gasteiger partial charge in [0.25, 0.3) is 0 Å². The summed E-state index contributed by atoms with van der Waals surface area (Å²) in [6, 6.07) is 0. The van der Waals surface area contributed by atoms with E-state index in [-0.39, 0.29) is 0 Å². The molecule has 2 N–H and O–H groups in total. The van der Waals surface area contributed by atoms with Crippen molar-refractivity contribution in [2.45, 2.75) is 82.2 Å². The van der Waals surface area contributed by atoms with E-state index in [1.165, 1.54) is 38.5 Å².